The first kappa shape index (κ1) is 22.7. The number of aromatic nitrogens is 1. The molecule has 6 nitrogen and oxygen atoms in total. The molecule has 2 aromatic rings. The van der Waals surface area contributed by atoms with Crippen molar-refractivity contribution in [1.82, 2.24) is 10.3 Å². The summed E-state index contributed by atoms with van der Waals surface area (Å²) >= 11 is 0. The zero-order valence-corrected chi connectivity index (χ0v) is 17.3. The lowest BCUT2D eigenvalue weighted by Gasteiger charge is -2.33. The number of hydrogen-bond acceptors (Lipinski definition) is 5. The van der Waals surface area contributed by atoms with Crippen molar-refractivity contribution < 1.29 is 27.4 Å². The molecule has 1 fully saturated rings. The van der Waals surface area contributed by atoms with Crippen molar-refractivity contribution in [3.63, 3.8) is 0 Å². The SMILES string of the molecule is COc1ccc(OCCCC(=O)NC2CCN(c3ccc(C(F)(F)F)cn3)CC2)cc1. The zero-order valence-electron chi connectivity index (χ0n) is 17.3. The lowest BCUT2D eigenvalue weighted by Crippen LogP contribution is -2.45. The molecule has 1 aliphatic heterocycles. The Morgan fingerprint density at radius 2 is 1.81 bits per heavy atom. The fraction of sp³-hybridized carbons (Fsp3) is 0.455. The number of anilines is 1. The third kappa shape index (κ3) is 6.77. The number of carbonyl (C=O) groups is 1. The molecular formula is C22H26F3N3O3. The second kappa shape index (κ2) is 10.4. The van der Waals surface area contributed by atoms with E-state index >= 15 is 0 Å². The molecule has 168 valence electrons. The van der Waals surface area contributed by atoms with Crippen LogP contribution in [0.5, 0.6) is 11.5 Å². The average Bonchev–Trinajstić information content (AvgIpc) is 2.77. The van der Waals surface area contributed by atoms with Crippen LogP contribution < -0.4 is 19.7 Å². The molecule has 0 radical (unpaired) electrons. The van der Waals surface area contributed by atoms with E-state index in [1.807, 2.05) is 29.2 Å². The van der Waals surface area contributed by atoms with Gasteiger partial charge < -0.3 is 19.7 Å². The van der Waals surface area contributed by atoms with Gasteiger partial charge in [-0.1, -0.05) is 0 Å². The Morgan fingerprint density at radius 1 is 1.13 bits per heavy atom. The van der Waals surface area contributed by atoms with Gasteiger partial charge in [0.1, 0.15) is 17.3 Å². The van der Waals surface area contributed by atoms with Gasteiger partial charge >= 0.3 is 6.18 Å². The van der Waals surface area contributed by atoms with Crippen molar-refractivity contribution >= 4 is 11.7 Å². The van der Waals surface area contributed by atoms with Gasteiger partial charge in [-0.15, -0.1) is 0 Å². The molecule has 1 aliphatic rings. The van der Waals surface area contributed by atoms with Crippen LogP contribution in [-0.2, 0) is 11.0 Å². The first-order valence-corrected chi connectivity index (χ1v) is 10.2. The van der Waals surface area contributed by atoms with Crippen molar-refractivity contribution in [2.45, 2.75) is 37.9 Å². The number of alkyl halides is 3. The zero-order chi connectivity index (χ0) is 22.3. The number of halogens is 3. The number of hydrogen-bond donors (Lipinski definition) is 1. The van der Waals surface area contributed by atoms with Crippen molar-refractivity contribution in [1.29, 1.82) is 0 Å². The third-order valence-corrected chi connectivity index (χ3v) is 5.14. The maximum atomic E-state index is 12.7. The van der Waals surface area contributed by atoms with E-state index in [9.17, 15) is 18.0 Å². The molecule has 1 saturated heterocycles. The first-order valence-electron chi connectivity index (χ1n) is 10.2. The monoisotopic (exact) mass is 437 g/mol. The van der Waals surface area contributed by atoms with Crippen LogP contribution in [-0.4, -0.2) is 43.7 Å². The van der Waals surface area contributed by atoms with Gasteiger partial charge in [-0.2, -0.15) is 13.2 Å². The summed E-state index contributed by atoms with van der Waals surface area (Å²) in [7, 11) is 1.60. The third-order valence-electron chi connectivity index (χ3n) is 5.14. The minimum Gasteiger partial charge on any atom is -0.497 e. The van der Waals surface area contributed by atoms with E-state index in [0.717, 1.165) is 36.6 Å². The van der Waals surface area contributed by atoms with Crippen LogP contribution in [0.1, 0.15) is 31.2 Å². The molecule has 0 unspecified atom stereocenters. The molecule has 3 rings (SSSR count). The largest absolute Gasteiger partial charge is 0.497 e. The van der Waals surface area contributed by atoms with Crippen LogP contribution >= 0.6 is 0 Å². The van der Waals surface area contributed by atoms with Crippen molar-refractivity contribution in [3.05, 3.63) is 48.2 Å². The molecule has 1 amide bonds. The Bertz CT molecular complexity index is 834. The molecule has 0 aliphatic carbocycles. The van der Waals surface area contributed by atoms with Crippen molar-refractivity contribution in [2.75, 3.05) is 31.7 Å². The van der Waals surface area contributed by atoms with Crippen LogP contribution in [0.3, 0.4) is 0 Å². The maximum Gasteiger partial charge on any atom is 0.417 e. The molecule has 31 heavy (non-hydrogen) atoms. The normalized spacial score (nSPS) is 14.9. The molecule has 0 saturated carbocycles. The molecular weight excluding hydrogens is 411 g/mol. The topological polar surface area (TPSA) is 63.7 Å². The number of benzene rings is 1. The highest BCUT2D eigenvalue weighted by Crippen LogP contribution is 2.29. The van der Waals surface area contributed by atoms with E-state index in [-0.39, 0.29) is 11.9 Å². The Hall–Kier alpha value is -2.97. The smallest absolute Gasteiger partial charge is 0.417 e. The minimum atomic E-state index is -4.39. The highest BCUT2D eigenvalue weighted by atomic mass is 19.4. The molecule has 0 bridgehead atoms. The lowest BCUT2D eigenvalue weighted by molar-refractivity contribution is -0.137. The maximum absolute atomic E-state index is 12.7. The van der Waals surface area contributed by atoms with Crippen molar-refractivity contribution in [2.24, 2.45) is 0 Å². The average molecular weight is 437 g/mol. The predicted molar refractivity (Wildman–Crippen MR) is 110 cm³/mol. The standard InChI is InChI=1S/C22H26F3N3O3/c1-30-18-5-7-19(8-6-18)31-14-2-3-21(29)27-17-10-12-28(13-11-17)20-9-4-16(15-26-20)22(23,24)25/h4-9,15,17H,2-3,10-14H2,1H3,(H,27,29). The quantitative estimate of drug-likeness (QED) is 0.632. The predicted octanol–water partition coefficient (Wildman–Crippen LogP) is 4.05. The van der Waals surface area contributed by atoms with E-state index in [0.29, 0.717) is 38.4 Å². The summed E-state index contributed by atoms with van der Waals surface area (Å²) in [5, 5.41) is 3.03. The van der Waals surface area contributed by atoms with Gasteiger partial charge in [0.25, 0.3) is 0 Å². The van der Waals surface area contributed by atoms with Crippen molar-refractivity contribution in [3.8, 4) is 11.5 Å². The highest BCUT2D eigenvalue weighted by molar-refractivity contribution is 5.76. The number of ether oxygens (including phenoxy) is 2. The molecule has 9 heteroatoms. The summed E-state index contributed by atoms with van der Waals surface area (Å²) < 4.78 is 48.7. The highest BCUT2D eigenvalue weighted by Gasteiger charge is 2.31. The molecule has 0 spiro atoms. The molecule has 1 N–H and O–H groups in total. The second-order valence-corrected chi connectivity index (χ2v) is 7.36. The number of rotatable bonds is 8. The van der Waals surface area contributed by atoms with E-state index in [1.54, 1.807) is 7.11 Å². The number of nitrogens with one attached hydrogen (secondary N) is 1. The van der Waals surface area contributed by atoms with Crippen LogP contribution in [0.4, 0.5) is 19.0 Å². The number of methoxy groups -OCH3 is 1. The number of piperidine rings is 1. The van der Waals surface area contributed by atoms with Gasteiger partial charge in [0.15, 0.2) is 0 Å². The van der Waals surface area contributed by atoms with E-state index in [1.165, 1.54) is 6.07 Å². The fourth-order valence-corrected chi connectivity index (χ4v) is 3.39. The molecule has 0 atom stereocenters. The summed E-state index contributed by atoms with van der Waals surface area (Å²) in [6, 6.07) is 9.76. The molecule has 1 aromatic carbocycles. The number of pyridine rings is 1. The number of nitrogens with zero attached hydrogens (tertiary/aromatic N) is 2. The minimum absolute atomic E-state index is 0.0237. The summed E-state index contributed by atoms with van der Waals surface area (Å²) in [6.07, 6.45) is -1.11. The summed E-state index contributed by atoms with van der Waals surface area (Å²) in [5.41, 5.74) is -0.755. The summed E-state index contributed by atoms with van der Waals surface area (Å²) in [6.45, 7) is 1.70. The van der Waals surface area contributed by atoms with Crippen LogP contribution in [0.25, 0.3) is 0 Å². The Morgan fingerprint density at radius 3 is 2.39 bits per heavy atom. The number of carbonyl (C=O) groups excluding carboxylic acids is 1. The van der Waals surface area contributed by atoms with Gasteiger partial charge in [0, 0.05) is 31.7 Å². The van der Waals surface area contributed by atoms with Gasteiger partial charge in [-0.05, 0) is 55.7 Å². The van der Waals surface area contributed by atoms with E-state index in [2.05, 4.69) is 10.3 Å². The Labute approximate surface area is 179 Å². The van der Waals surface area contributed by atoms with Gasteiger partial charge in [-0.25, -0.2) is 4.98 Å². The fourth-order valence-electron chi connectivity index (χ4n) is 3.39. The van der Waals surface area contributed by atoms with Gasteiger partial charge in [0.05, 0.1) is 19.3 Å². The summed E-state index contributed by atoms with van der Waals surface area (Å²) in [4.78, 5) is 18.0. The van der Waals surface area contributed by atoms with Crippen LogP contribution in [0.2, 0.25) is 0 Å². The Balaban J connectivity index is 1.34. The van der Waals surface area contributed by atoms with Gasteiger partial charge in [0.2, 0.25) is 5.91 Å². The first-order chi connectivity index (χ1) is 14.8. The van der Waals surface area contributed by atoms with Crippen LogP contribution in [0, 0.1) is 0 Å². The van der Waals surface area contributed by atoms with E-state index in [4.69, 9.17) is 9.47 Å². The number of amides is 1. The summed E-state index contributed by atoms with van der Waals surface area (Å²) in [5.74, 6) is 1.98. The molecule has 1 aromatic heterocycles. The Kier molecular flexibility index (Phi) is 7.59. The molecule has 2 heterocycles. The van der Waals surface area contributed by atoms with Crippen LogP contribution in [0.15, 0.2) is 42.6 Å². The second-order valence-electron chi connectivity index (χ2n) is 7.36. The van der Waals surface area contributed by atoms with E-state index < -0.39 is 11.7 Å². The lowest BCUT2D eigenvalue weighted by atomic mass is 10.0. The van der Waals surface area contributed by atoms with Gasteiger partial charge in [-0.3, -0.25) is 4.79 Å².